The predicted molar refractivity (Wildman–Crippen MR) is 69.2 cm³/mol. The number of benzene rings is 1. The molecule has 0 saturated carbocycles. The van der Waals surface area contributed by atoms with Gasteiger partial charge >= 0.3 is 0 Å². The van der Waals surface area contributed by atoms with Crippen molar-refractivity contribution in [2.45, 2.75) is 24.8 Å². The standard InChI is InChI=1S/C11H13ClN2O2S/c1-4-8(3)14-17(15,16)11-6-10(13)7(2)5-9(11)12/h1,5-6,8,14H,13H2,2-3H3. The number of terminal acetylenes is 1. The smallest absolute Gasteiger partial charge is 0.243 e. The van der Waals surface area contributed by atoms with Gasteiger partial charge in [0.25, 0.3) is 0 Å². The van der Waals surface area contributed by atoms with Gasteiger partial charge in [0.05, 0.1) is 11.1 Å². The third kappa shape index (κ3) is 3.13. The molecule has 4 nitrogen and oxygen atoms in total. The number of sulfonamides is 1. The Kier molecular flexibility index (Phi) is 4.04. The maximum Gasteiger partial charge on any atom is 0.243 e. The fourth-order valence-electron chi connectivity index (χ4n) is 1.20. The zero-order valence-corrected chi connectivity index (χ0v) is 11.1. The van der Waals surface area contributed by atoms with E-state index in [4.69, 9.17) is 23.8 Å². The van der Waals surface area contributed by atoms with Crippen LogP contribution < -0.4 is 10.5 Å². The van der Waals surface area contributed by atoms with Gasteiger partial charge in [0, 0.05) is 5.69 Å². The van der Waals surface area contributed by atoms with Gasteiger partial charge in [-0.3, -0.25) is 0 Å². The van der Waals surface area contributed by atoms with Crippen LogP contribution in [-0.4, -0.2) is 14.5 Å². The van der Waals surface area contributed by atoms with Gasteiger partial charge in [-0.1, -0.05) is 17.5 Å². The fourth-order valence-corrected chi connectivity index (χ4v) is 2.99. The number of halogens is 1. The summed E-state index contributed by atoms with van der Waals surface area (Å²) in [5.74, 6) is 2.27. The summed E-state index contributed by atoms with van der Waals surface area (Å²) in [6, 6.07) is 2.22. The molecule has 0 aromatic heterocycles. The van der Waals surface area contributed by atoms with Gasteiger partial charge in [-0.15, -0.1) is 6.42 Å². The topological polar surface area (TPSA) is 72.2 Å². The lowest BCUT2D eigenvalue weighted by molar-refractivity contribution is 0.578. The first-order valence-electron chi connectivity index (χ1n) is 4.82. The molecular formula is C11H13ClN2O2S. The lowest BCUT2D eigenvalue weighted by Gasteiger charge is -2.12. The van der Waals surface area contributed by atoms with E-state index in [0.29, 0.717) is 5.69 Å². The van der Waals surface area contributed by atoms with Crippen LogP contribution in [0.1, 0.15) is 12.5 Å². The minimum absolute atomic E-state index is 0.0654. The van der Waals surface area contributed by atoms with Gasteiger partial charge in [0.15, 0.2) is 0 Å². The van der Waals surface area contributed by atoms with Crippen LogP contribution in [0.2, 0.25) is 5.02 Å². The zero-order chi connectivity index (χ0) is 13.2. The van der Waals surface area contributed by atoms with E-state index in [-0.39, 0.29) is 9.92 Å². The molecule has 3 N–H and O–H groups in total. The molecule has 92 valence electrons. The molecule has 1 aromatic carbocycles. The fraction of sp³-hybridized carbons (Fsp3) is 0.273. The summed E-state index contributed by atoms with van der Waals surface area (Å²) in [5, 5.41) is 0.119. The number of nitrogens with two attached hydrogens (primary N) is 1. The van der Waals surface area contributed by atoms with E-state index >= 15 is 0 Å². The van der Waals surface area contributed by atoms with Crippen molar-refractivity contribution >= 4 is 27.3 Å². The first-order valence-corrected chi connectivity index (χ1v) is 6.68. The van der Waals surface area contributed by atoms with Crippen molar-refractivity contribution < 1.29 is 8.42 Å². The lowest BCUT2D eigenvalue weighted by atomic mass is 10.2. The molecule has 1 aromatic rings. The second-order valence-electron chi connectivity index (χ2n) is 3.65. The number of nitrogen functional groups attached to an aromatic ring is 1. The third-order valence-corrected chi connectivity index (χ3v) is 4.20. The minimum atomic E-state index is -3.75. The molecule has 0 bridgehead atoms. The SMILES string of the molecule is C#CC(C)NS(=O)(=O)c1cc(N)c(C)cc1Cl. The Labute approximate surface area is 106 Å². The number of anilines is 1. The highest BCUT2D eigenvalue weighted by molar-refractivity contribution is 7.89. The van der Waals surface area contributed by atoms with E-state index < -0.39 is 16.1 Å². The maximum absolute atomic E-state index is 11.9. The van der Waals surface area contributed by atoms with Crippen LogP contribution >= 0.6 is 11.6 Å². The quantitative estimate of drug-likeness (QED) is 0.647. The van der Waals surface area contributed by atoms with Crippen molar-refractivity contribution in [2.75, 3.05) is 5.73 Å². The average molecular weight is 273 g/mol. The van der Waals surface area contributed by atoms with E-state index in [1.807, 2.05) is 0 Å². The normalized spacial score (nSPS) is 13.1. The minimum Gasteiger partial charge on any atom is -0.398 e. The maximum atomic E-state index is 11.9. The van der Waals surface area contributed by atoms with Gasteiger partial charge in [-0.2, -0.15) is 4.72 Å². The highest BCUT2D eigenvalue weighted by Gasteiger charge is 2.20. The van der Waals surface area contributed by atoms with Crippen LogP contribution in [0.3, 0.4) is 0 Å². The summed E-state index contributed by atoms with van der Waals surface area (Å²) in [6.07, 6.45) is 5.11. The monoisotopic (exact) mass is 272 g/mol. The second kappa shape index (κ2) is 4.96. The summed E-state index contributed by atoms with van der Waals surface area (Å²) >= 11 is 5.89. The van der Waals surface area contributed by atoms with Gasteiger partial charge in [-0.05, 0) is 31.5 Å². The van der Waals surface area contributed by atoms with Crippen molar-refractivity contribution in [3.8, 4) is 12.3 Å². The van der Waals surface area contributed by atoms with E-state index in [2.05, 4.69) is 10.6 Å². The lowest BCUT2D eigenvalue weighted by Crippen LogP contribution is -2.31. The van der Waals surface area contributed by atoms with E-state index in [9.17, 15) is 8.42 Å². The Morgan fingerprint density at radius 1 is 1.53 bits per heavy atom. The Morgan fingerprint density at radius 2 is 2.12 bits per heavy atom. The molecule has 0 heterocycles. The predicted octanol–water partition coefficient (Wildman–Crippen LogP) is 1.53. The van der Waals surface area contributed by atoms with E-state index in [0.717, 1.165) is 5.56 Å². The Morgan fingerprint density at radius 3 is 2.65 bits per heavy atom. The van der Waals surface area contributed by atoms with Crippen LogP contribution in [0.4, 0.5) is 5.69 Å². The third-order valence-electron chi connectivity index (χ3n) is 2.19. The van der Waals surface area contributed by atoms with Gasteiger partial charge in [-0.25, -0.2) is 8.42 Å². The van der Waals surface area contributed by atoms with Crippen LogP contribution in [0, 0.1) is 19.3 Å². The molecule has 1 rings (SSSR count). The molecule has 17 heavy (non-hydrogen) atoms. The van der Waals surface area contributed by atoms with Crippen molar-refractivity contribution in [1.82, 2.24) is 4.72 Å². The number of hydrogen-bond donors (Lipinski definition) is 2. The molecule has 0 aliphatic carbocycles. The Balaban J connectivity index is 3.26. The molecule has 0 radical (unpaired) electrons. The summed E-state index contributed by atoms with van der Waals surface area (Å²) in [5.41, 5.74) is 6.74. The van der Waals surface area contributed by atoms with Crippen LogP contribution in [0.15, 0.2) is 17.0 Å². The molecule has 1 atom stereocenters. The molecular weight excluding hydrogens is 260 g/mol. The molecule has 0 saturated heterocycles. The summed E-state index contributed by atoms with van der Waals surface area (Å²) in [4.78, 5) is -0.0654. The highest BCUT2D eigenvalue weighted by Crippen LogP contribution is 2.26. The molecule has 0 aliphatic heterocycles. The Bertz CT molecular complexity index is 576. The van der Waals surface area contributed by atoms with Crippen LogP contribution in [-0.2, 0) is 10.0 Å². The highest BCUT2D eigenvalue weighted by atomic mass is 35.5. The number of hydrogen-bond acceptors (Lipinski definition) is 3. The first-order chi connectivity index (χ1) is 7.77. The molecule has 6 heteroatoms. The van der Waals surface area contributed by atoms with Crippen molar-refractivity contribution in [2.24, 2.45) is 0 Å². The average Bonchev–Trinajstić information content (AvgIpc) is 2.22. The second-order valence-corrected chi connectivity index (χ2v) is 5.74. The summed E-state index contributed by atoms with van der Waals surface area (Å²) in [7, 11) is -3.75. The largest absolute Gasteiger partial charge is 0.398 e. The first kappa shape index (κ1) is 13.8. The molecule has 0 amide bonds. The molecule has 0 spiro atoms. The molecule has 0 fully saturated rings. The summed E-state index contributed by atoms with van der Waals surface area (Å²) in [6.45, 7) is 3.30. The van der Waals surface area contributed by atoms with Crippen LogP contribution in [0.5, 0.6) is 0 Å². The van der Waals surface area contributed by atoms with Crippen molar-refractivity contribution in [1.29, 1.82) is 0 Å². The van der Waals surface area contributed by atoms with Gasteiger partial charge in [0.1, 0.15) is 4.90 Å². The van der Waals surface area contributed by atoms with Gasteiger partial charge < -0.3 is 5.73 Å². The number of rotatable bonds is 3. The van der Waals surface area contributed by atoms with Gasteiger partial charge in [0.2, 0.25) is 10.0 Å². The Hall–Kier alpha value is -1.22. The van der Waals surface area contributed by atoms with Crippen LogP contribution in [0.25, 0.3) is 0 Å². The summed E-state index contributed by atoms with van der Waals surface area (Å²) < 4.78 is 26.2. The van der Waals surface area contributed by atoms with E-state index in [1.54, 1.807) is 13.8 Å². The van der Waals surface area contributed by atoms with Crippen molar-refractivity contribution in [3.63, 3.8) is 0 Å². The molecule has 0 aliphatic rings. The number of nitrogens with one attached hydrogen (secondary N) is 1. The van der Waals surface area contributed by atoms with Crippen molar-refractivity contribution in [3.05, 3.63) is 22.7 Å². The molecule has 1 unspecified atom stereocenters. The zero-order valence-electron chi connectivity index (χ0n) is 9.49. The number of aryl methyl sites for hydroxylation is 1. The van der Waals surface area contributed by atoms with E-state index in [1.165, 1.54) is 12.1 Å².